The van der Waals surface area contributed by atoms with Crippen molar-refractivity contribution in [2.24, 2.45) is 0 Å². The van der Waals surface area contributed by atoms with E-state index in [0.29, 0.717) is 40.8 Å². The van der Waals surface area contributed by atoms with E-state index in [-0.39, 0.29) is 24.7 Å². The Labute approximate surface area is 225 Å². The Morgan fingerprint density at radius 2 is 1.69 bits per heavy atom. The number of sulfonamides is 1. The molecule has 1 aliphatic rings. The van der Waals surface area contributed by atoms with Crippen LogP contribution in [0.5, 0.6) is 0 Å². The van der Waals surface area contributed by atoms with Crippen LogP contribution in [-0.2, 0) is 26.0 Å². The highest BCUT2D eigenvalue weighted by Crippen LogP contribution is 2.24. The summed E-state index contributed by atoms with van der Waals surface area (Å²) in [4.78, 5) is 37.2. The molecule has 3 aromatic carbocycles. The Balaban J connectivity index is 1.37. The number of hydrogen-bond acceptors (Lipinski definition) is 5. The number of nitrogens with zero attached hydrogens (tertiary/aromatic N) is 1. The van der Waals surface area contributed by atoms with Crippen molar-refractivity contribution in [1.82, 2.24) is 9.62 Å². The van der Waals surface area contributed by atoms with E-state index in [2.05, 4.69) is 10.6 Å². The third kappa shape index (κ3) is 6.87. The van der Waals surface area contributed by atoms with Crippen LogP contribution in [0, 0.1) is 5.82 Å². The largest absolute Gasteiger partial charge is 0.480 e. The molecule has 1 heterocycles. The van der Waals surface area contributed by atoms with Crippen molar-refractivity contribution in [2.45, 2.75) is 31.3 Å². The molecule has 11 heteroatoms. The lowest BCUT2D eigenvalue weighted by Crippen LogP contribution is -2.51. The van der Waals surface area contributed by atoms with E-state index < -0.39 is 34.0 Å². The molecule has 3 N–H and O–H groups in total. The van der Waals surface area contributed by atoms with Crippen LogP contribution in [0.25, 0.3) is 11.1 Å². The SMILES string of the molecule is CS(=O)(=O)N1CCC[C@@H]1C(=O)N[C@@H](Cc1ccc(NC(=O)c2ccc(-c3ccccc3F)cc2)cc1)C(=O)O. The first-order valence-electron chi connectivity index (χ1n) is 12.3. The Morgan fingerprint density at radius 1 is 1.03 bits per heavy atom. The third-order valence-electron chi connectivity index (χ3n) is 6.53. The fraction of sp³-hybridized carbons (Fsp3) is 0.250. The maximum atomic E-state index is 14.0. The van der Waals surface area contributed by atoms with Gasteiger partial charge in [-0.05, 0) is 54.3 Å². The average molecular weight is 554 g/mol. The van der Waals surface area contributed by atoms with Crippen LogP contribution in [0.4, 0.5) is 10.1 Å². The van der Waals surface area contributed by atoms with Gasteiger partial charge in [-0.1, -0.05) is 42.5 Å². The normalized spacial score (nSPS) is 16.4. The average Bonchev–Trinajstić information content (AvgIpc) is 3.41. The van der Waals surface area contributed by atoms with Crippen LogP contribution in [-0.4, -0.2) is 60.5 Å². The highest BCUT2D eigenvalue weighted by atomic mass is 32.2. The van der Waals surface area contributed by atoms with Crippen molar-refractivity contribution in [3.63, 3.8) is 0 Å². The van der Waals surface area contributed by atoms with Crippen LogP contribution in [0.15, 0.2) is 72.8 Å². The van der Waals surface area contributed by atoms with Crippen molar-refractivity contribution in [3.8, 4) is 11.1 Å². The van der Waals surface area contributed by atoms with Crippen molar-refractivity contribution in [2.75, 3.05) is 18.1 Å². The molecule has 0 bridgehead atoms. The lowest BCUT2D eigenvalue weighted by molar-refractivity contribution is -0.142. The first-order chi connectivity index (χ1) is 18.5. The lowest BCUT2D eigenvalue weighted by Gasteiger charge is -2.23. The van der Waals surface area contributed by atoms with Crippen LogP contribution in [0.3, 0.4) is 0 Å². The number of rotatable bonds is 9. The lowest BCUT2D eigenvalue weighted by atomic mass is 10.0. The summed E-state index contributed by atoms with van der Waals surface area (Å²) in [6, 6.07) is 17.2. The molecule has 0 saturated carbocycles. The highest BCUT2D eigenvalue weighted by Gasteiger charge is 2.37. The maximum absolute atomic E-state index is 14.0. The number of carbonyl (C=O) groups is 3. The third-order valence-corrected chi connectivity index (χ3v) is 7.82. The molecular formula is C28H28FN3O6S. The number of carboxylic acid groups (broad SMARTS) is 1. The van der Waals surface area contributed by atoms with Gasteiger partial charge >= 0.3 is 5.97 Å². The Kier molecular flexibility index (Phi) is 8.41. The molecule has 39 heavy (non-hydrogen) atoms. The second-order valence-electron chi connectivity index (χ2n) is 9.34. The van der Waals surface area contributed by atoms with Crippen molar-refractivity contribution in [1.29, 1.82) is 0 Å². The summed E-state index contributed by atoms with van der Waals surface area (Å²) in [6.07, 6.45) is 1.84. The van der Waals surface area contributed by atoms with Gasteiger partial charge in [-0.3, -0.25) is 9.59 Å². The van der Waals surface area contributed by atoms with E-state index in [1.807, 2.05) is 0 Å². The van der Waals surface area contributed by atoms with E-state index in [1.54, 1.807) is 66.7 Å². The zero-order valence-corrected chi connectivity index (χ0v) is 21.9. The molecule has 0 spiro atoms. The van der Waals surface area contributed by atoms with E-state index in [1.165, 1.54) is 6.07 Å². The molecule has 1 fully saturated rings. The molecule has 0 radical (unpaired) electrons. The number of amides is 2. The monoisotopic (exact) mass is 553 g/mol. The molecule has 2 amide bonds. The fourth-order valence-corrected chi connectivity index (χ4v) is 5.65. The highest BCUT2D eigenvalue weighted by molar-refractivity contribution is 7.88. The van der Waals surface area contributed by atoms with Crippen molar-refractivity contribution < 1.29 is 32.3 Å². The van der Waals surface area contributed by atoms with E-state index >= 15 is 0 Å². The summed E-state index contributed by atoms with van der Waals surface area (Å²) in [7, 11) is -3.59. The van der Waals surface area contributed by atoms with Gasteiger partial charge in [-0.15, -0.1) is 0 Å². The summed E-state index contributed by atoms with van der Waals surface area (Å²) >= 11 is 0. The van der Waals surface area contributed by atoms with Gasteiger partial charge in [0.1, 0.15) is 17.9 Å². The molecule has 0 unspecified atom stereocenters. The molecule has 0 aromatic heterocycles. The minimum absolute atomic E-state index is 0.0294. The predicted octanol–water partition coefficient (Wildman–Crippen LogP) is 3.28. The van der Waals surface area contributed by atoms with Crippen molar-refractivity contribution in [3.05, 3.63) is 89.7 Å². The molecule has 0 aliphatic carbocycles. The van der Waals surface area contributed by atoms with Gasteiger partial charge in [0.25, 0.3) is 5.91 Å². The number of nitrogens with one attached hydrogen (secondary N) is 2. The van der Waals surface area contributed by atoms with Gasteiger partial charge in [-0.2, -0.15) is 4.31 Å². The smallest absolute Gasteiger partial charge is 0.326 e. The number of carbonyl (C=O) groups excluding carboxylic acids is 2. The van der Waals surface area contributed by atoms with Crippen LogP contribution in [0.2, 0.25) is 0 Å². The number of benzene rings is 3. The van der Waals surface area contributed by atoms with Gasteiger partial charge < -0.3 is 15.7 Å². The second-order valence-corrected chi connectivity index (χ2v) is 11.3. The Hall–Kier alpha value is -4.09. The molecule has 1 saturated heterocycles. The number of aliphatic carboxylic acids is 1. The van der Waals surface area contributed by atoms with Crippen LogP contribution >= 0.6 is 0 Å². The number of carboxylic acids is 1. The maximum Gasteiger partial charge on any atom is 0.326 e. The zero-order valence-electron chi connectivity index (χ0n) is 21.1. The van der Waals surface area contributed by atoms with Crippen LogP contribution < -0.4 is 10.6 Å². The summed E-state index contributed by atoms with van der Waals surface area (Å²) in [5.41, 5.74) is 2.54. The van der Waals surface area contributed by atoms with Crippen molar-refractivity contribution >= 4 is 33.5 Å². The van der Waals surface area contributed by atoms with Gasteiger partial charge in [-0.25, -0.2) is 17.6 Å². The molecular weight excluding hydrogens is 525 g/mol. The number of halogens is 1. The standard InChI is InChI=1S/C28H28FN3O6S/c1-39(37,38)32-16-4-7-25(32)27(34)31-24(28(35)36)17-18-8-14-21(15-9-18)30-26(33)20-12-10-19(11-13-20)22-5-2-3-6-23(22)29/h2-3,5-6,8-15,24-25H,4,7,16-17H2,1H3,(H,30,33)(H,31,34)(H,35,36)/t24-,25+/m0/s1. The van der Waals surface area contributed by atoms with E-state index in [9.17, 15) is 32.3 Å². The van der Waals surface area contributed by atoms with Crippen LogP contribution in [0.1, 0.15) is 28.8 Å². The summed E-state index contributed by atoms with van der Waals surface area (Å²) in [5, 5.41) is 14.9. The number of hydrogen-bond donors (Lipinski definition) is 3. The van der Waals surface area contributed by atoms with Gasteiger partial charge in [0.15, 0.2) is 0 Å². The molecule has 3 aromatic rings. The van der Waals surface area contributed by atoms with Gasteiger partial charge in [0.05, 0.1) is 6.26 Å². The molecule has 1 aliphatic heterocycles. The molecule has 4 rings (SSSR count). The first-order valence-corrected chi connectivity index (χ1v) is 14.1. The fourth-order valence-electron chi connectivity index (χ4n) is 4.53. The predicted molar refractivity (Wildman–Crippen MR) is 144 cm³/mol. The number of anilines is 1. The second kappa shape index (κ2) is 11.7. The molecule has 9 nitrogen and oxygen atoms in total. The summed E-state index contributed by atoms with van der Waals surface area (Å²) in [6.45, 7) is 0.220. The quantitative estimate of drug-likeness (QED) is 0.373. The minimum atomic E-state index is -3.59. The van der Waals surface area contributed by atoms with Gasteiger partial charge in [0.2, 0.25) is 15.9 Å². The summed E-state index contributed by atoms with van der Waals surface area (Å²) < 4.78 is 39.0. The molecule has 2 atom stereocenters. The Morgan fingerprint density at radius 3 is 2.31 bits per heavy atom. The zero-order chi connectivity index (χ0) is 28.2. The molecule has 204 valence electrons. The topological polar surface area (TPSA) is 133 Å². The minimum Gasteiger partial charge on any atom is -0.480 e. The van der Waals surface area contributed by atoms with E-state index in [0.717, 1.165) is 10.6 Å². The van der Waals surface area contributed by atoms with Gasteiger partial charge in [0, 0.05) is 29.8 Å². The van der Waals surface area contributed by atoms with E-state index in [4.69, 9.17) is 0 Å². The summed E-state index contributed by atoms with van der Waals surface area (Å²) in [5.74, 6) is -2.61. The first kappa shape index (κ1) is 27.9. The Bertz CT molecular complexity index is 1480.